The highest BCUT2D eigenvalue weighted by atomic mass is 19.4. The van der Waals surface area contributed by atoms with Gasteiger partial charge in [0.2, 0.25) is 0 Å². The lowest BCUT2D eigenvalue weighted by Gasteiger charge is -2.32. The number of carboxylic acids is 1. The fraction of sp³-hybridized carbons (Fsp3) is 0.341. The number of piperidine rings is 1. The van der Waals surface area contributed by atoms with Gasteiger partial charge in [0.25, 0.3) is 11.8 Å². The molecule has 9 nitrogen and oxygen atoms in total. The summed E-state index contributed by atoms with van der Waals surface area (Å²) in [6.07, 6.45) is -4.33. The van der Waals surface area contributed by atoms with E-state index in [1.165, 1.54) is 13.8 Å². The van der Waals surface area contributed by atoms with Crippen LogP contribution in [-0.2, 0) is 17.8 Å². The van der Waals surface area contributed by atoms with Gasteiger partial charge >= 0.3 is 12.1 Å². The molecule has 0 unspecified atom stereocenters. The molecule has 5 N–H and O–H groups in total. The summed E-state index contributed by atoms with van der Waals surface area (Å²) in [7, 11) is 3.21. The monoisotopic (exact) mass is 804 g/mol. The van der Waals surface area contributed by atoms with E-state index in [4.69, 9.17) is 26.0 Å². The molecule has 0 aromatic heterocycles. The standard InChI is InChI=1S/C27H29F2NO4.C14H14F5N3O/c1-33-23-11-9-19(17-30-15-13-27(28,29)14-16-30)26(34-2)25(23)22-8-4-6-20-18(10-12-24(31)32)5-3-7-21(20)22;1-6(20)10(7(2)22-5-14(17,18)19)8-3-4-9(15)11(12(8)16)13(21)23/h3-9,11H,10,12-17H2,1-2H3,(H,31,32);3-4H,5,20H2,1-2H3,(H2,21,23)/b;10-6+,22-7?. The van der Waals surface area contributed by atoms with Crippen LogP contribution in [0.15, 0.2) is 71.4 Å². The summed E-state index contributed by atoms with van der Waals surface area (Å²) < 4.78 is 103. The number of carboxylic acid groups (broad SMARTS) is 1. The summed E-state index contributed by atoms with van der Waals surface area (Å²) >= 11 is 0. The Hall–Kier alpha value is -5.64. The Balaban J connectivity index is 0.000000274. The third-order valence-electron chi connectivity index (χ3n) is 9.35. The van der Waals surface area contributed by atoms with E-state index in [-0.39, 0.29) is 41.8 Å². The van der Waals surface area contributed by atoms with Gasteiger partial charge < -0.3 is 26.0 Å². The molecule has 306 valence electrons. The van der Waals surface area contributed by atoms with Crippen LogP contribution in [0, 0.1) is 11.6 Å². The van der Waals surface area contributed by atoms with Crippen LogP contribution in [0.4, 0.5) is 30.7 Å². The maximum absolute atomic E-state index is 14.3. The first kappa shape index (κ1) is 44.1. The fourth-order valence-corrected chi connectivity index (χ4v) is 6.67. The molecule has 1 aliphatic heterocycles. The molecule has 0 radical (unpaired) electrons. The van der Waals surface area contributed by atoms with Gasteiger partial charge in [-0.15, -0.1) is 0 Å². The Labute approximate surface area is 324 Å². The zero-order valence-electron chi connectivity index (χ0n) is 31.7. The van der Waals surface area contributed by atoms with Crippen LogP contribution >= 0.6 is 0 Å². The van der Waals surface area contributed by atoms with E-state index in [1.807, 2.05) is 53.4 Å². The van der Waals surface area contributed by atoms with Gasteiger partial charge in [-0.25, -0.2) is 17.6 Å². The first-order chi connectivity index (χ1) is 26.8. The number of hydrogen-bond acceptors (Lipinski definition) is 7. The van der Waals surface area contributed by atoms with Crippen molar-refractivity contribution in [3.8, 4) is 22.6 Å². The van der Waals surface area contributed by atoms with Crippen molar-refractivity contribution in [2.24, 2.45) is 16.5 Å². The number of nitrogens with two attached hydrogens (primary N) is 2. The second-order valence-electron chi connectivity index (χ2n) is 13.4. The molecule has 0 atom stereocenters. The van der Waals surface area contributed by atoms with Crippen molar-refractivity contribution in [2.45, 2.75) is 58.2 Å². The molecule has 16 heteroatoms. The van der Waals surface area contributed by atoms with Crippen molar-refractivity contribution in [3.05, 3.63) is 100 Å². The van der Waals surface area contributed by atoms with E-state index >= 15 is 0 Å². The average molecular weight is 805 g/mol. The predicted molar refractivity (Wildman–Crippen MR) is 204 cm³/mol. The van der Waals surface area contributed by atoms with Crippen molar-refractivity contribution in [2.75, 3.05) is 33.9 Å². The predicted octanol–water partition coefficient (Wildman–Crippen LogP) is 8.55. The summed E-state index contributed by atoms with van der Waals surface area (Å²) in [4.78, 5) is 27.6. The molecule has 4 aromatic rings. The van der Waals surface area contributed by atoms with Crippen molar-refractivity contribution in [1.82, 2.24) is 4.90 Å². The van der Waals surface area contributed by atoms with Gasteiger partial charge in [0.15, 0.2) is 0 Å². The topological polar surface area (TPSA) is 140 Å². The number of amides is 1. The molecule has 1 amide bonds. The van der Waals surface area contributed by atoms with E-state index in [1.54, 1.807) is 14.2 Å². The zero-order chi connectivity index (χ0) is 42.2. The number of ether oxygens (including phenoxy) is 2. The van der Waals surface area contributed by atoms with Crippen molar-refractivity contribution >= 4 is 33.9 Å². The maximum Gasteiger partial charge on any atom is 0.407 e. The number of aliphatic carboxylic acids is 1. The van der Waals surface area contributed by atoms with Crippen molar-refractivity contribution in [1.29, 1.82) is 0 Å². The van der Waals surface area contributed by atoms with E-state index < -0.39 is 47.7 Å². The molecule has 0 saturated carbocycles. The number of primary amides is 1. The number of carbonyl (C=O) groups is 2. The van der Waals surface area contributed by atoms with Crippen LogP contribution < -0.4 is 20.9 Å². The molecular weight excluding hydrogens is 761 g/mol. The lowest BCUT2D eigenvalue weighted by atomic mass is 9.92. The minimum absolute atomic E-state index is 0.0469. The number of nitrogens with zero attached hydrogens (tertiary/aromatic N) is 2. The van der Waals surface area contributed by atoms with Gasteiger partial charge in [0.05, 0.1) is 19.8 Å². The normalized spacial score (nSPS) is 15.0. The molecule has 1 aliphatic rings. The van der Waals surface area contributed by atoms with Crippen molar-refractivity contribution < 1.29 is 54.9 Å². The number of carbonyl (C=O) groups excluding carboxylic acids is 1. The number of aryl methyl sites for hydroxylation is 1. The Morgan fingerprint density at radius 2 is 1.54 bits per heavy atom. The minimum Gasteiger partial charge on any atom is -0.496 e. The van der Waals surface area contributed by atoms with Gasteiger partial charge in [-0.2, -0.15) is 13.2 Å². The fourth-order valence-electron chi connectivity index (χ4n) is 6.67. The molecule has 1 saturated heterocycles. The first-order valence-corrected chi connectivity index (χ1v) is 17.7. The number of benzene rings is 4. The third-order valence-corrected chi connectivity index (χ3v) is 9.35. The van der Waals surface area contributed by atoms with E-state index in [2.05, 4.69) is 4.99 Å². The summed E-state index contributed by atoms with van der Waals surface area (Å²) in [5, 5.41) is 11.1. The number of likely N-dealkylation sites (tertiary alicyclic amines) is 1. The number of hydrogen-bond donors (Lipinski definition) is 3. The number of methoxy groups -OCH3 is 2. The highest BCUT2D eigenvalue weighted by molar-refractivity contribution is 6.23. The smallest absolute Gasteiger partial charge is 0.407 e. The van der Waals surface area contributed by atoms with Gasteiger partial charge in [0, 0.05) is 67.0 Å². The largest absolute Gasteiger partial charge is 0.496 e. The highest BCUT2D eigenvalue weighted by Crippen LogP contribution is 2.45. The second-order valence-corrected chi connectivity index (χ2v) is 13.4. The van der Waals surface area contributed by atoms with Gasteiger partial charge in [-0.05, 0) is 60.4 Å². The number of aliphatic imine (C=N–C) groups is 1. The Kier molecular flexibility index (Phi) is 14.3. The molecule has 4 aromatic carbocycles. The Morgan fingerprint density at radius 1 is 0.895 bits per heavy atom. The molecular formula is C41H43F7N4O5. The second kappa shape index (κ2) is 18.5. The molecule has 1 heterocycles. The highest BCUT2D eigenvalue weighted by Gasteiger charge is 2.34. The summed E-state index contributed by atoms with van der Waals surface area (Å²) in [5.74, 6) is -5.96. The SMILES string of the molecule is CC(=NCC(F)(F)F)/C(=C(/C)N)c1ccc(F)c(C(N)=O)c1F.COc1ccc(CN2CCC(F)(F)CC2)c(OC)c1-c1cccc2c(CCC(=O)O)cccc12. The average Bonchev–Trinajstić information content (AvgIpc) is 3.14. The van der Waals surface area contributed by atoms with Crippen LogP contribution in [-0.4, -0.2) is 73.5 Å². The number of rotatable bonds is 12. The molecule has 0 bridgehead atoms. The van der Waals surface area contributed by atoms with Crippen molar-refractivity contribution in [3.63, 3.8) is 0 Å². The van der Waals surface area contributed by atoms with Crippen LogP contribution in [0.2, 0.25) is 0 Å². The maximum atomic E-state index is 14.3. The lowest BCUT2D eigenvalue weighted by Crippen LogP contribution is -2.38. The number of allylic oxidation sites excluding steroid dienone is 2. The van der Waals surface area contributed by atoms with E-state index in [0.717, 1.165) is 45.2 Å². The Bertz CT molecular complexity index is 2170. The van der Waals surface area contributed by atoms with Crippen LogP contribution in [0.1, 0.15) is 60.2 Å². The zero-order valence-corrected chi connectivity index (χ0v) is 31.7. The van der Waals surface area contributed by atoms with Gasteiger partial charge in [0.1, 0.15) is 35.2 Å². The van der Waals surface area contributed by atoms with Crippen LogP contribution in [0.25, 0.3) is 27.5 Å². The molecule has 0 aliphatic carbocycles. The van der Waals surface area contributed by atoms with Gasteiger partial charge in [-0.1, -0.05) is 42.5 Å². The van der Waals surface area contributed by atoms with Crippen LogP contribution in [0.3, 0.4) is 0 Å². The summed E-state index contributed by atoms with van der Waals surface area (Å²) in [5.41, 5.74) is 12.3. The van der Waals surface area contributed by atoms with E-state index in [9.17, 15) is 40.3 Å². The minimum atomic E-state index is -4.55. The third kappa shape index (κ3) is 11.0. The summed E-state index contributed by atoms with van der Waals surface area (Å²) in [6, 6.07) is 17.4. The van der Waals surface area contributed by atoms with E-state index in [0.29, 0.717) is 37.6 Å². The molecule has 57 heavy (non-hydrogen) atoms. The number of fused-ring (bicyclic) bond motifs is 1. The molecule has 0 spiro atoms. The van der Waals surface area contributed by atoms with Gasteiger partial charge in [-0.3, -0.25) is 19.5 Å². The van der Waals surface area contributed by atoms with Crippen LogP contribution in [0.5, 0.6) is 11.5 Å². The number of alkyl halides is 5. The molecule has 5 rings (SSSR count). The first-order valence-electron chi connectivity index (χ1n) is 17.7. The quantitative estimate of drug-likeness (QED) is 0.0963. The Morgan fingerprint density at radius 3 is 2.12 bits per heavy atom. The number of halogens is 7. The lowest BCUT2D eigenvalue weighted by molar-refractivity contribution is -0.137. The molecule has 1 fully saturated rings. The summed E-state index contributed by atoms with van der Waals surface area (Å²) in [6.45, 7) is 2.20.